The third-order valence-corrected chi connectivity index (χ3v) is 6.92. The van der Waals surface area contributed by atoms with E-state index in [9.17, 15) is 14.7 Å². The van der Waals surface area contributed by atoms with Gasteiger partial charge in [-0.3, -0.25) is 4.98 Å². The zero-order valence-corrected chi connectivity index (χ0v) is 18.7. The lowest BCUT2D eigenvalue weighted by molar-refractivity contribution is -0.192. The Morgan fingerprint density at radius 1 is 1.16 bits per heavy atom. The number of carbonyl (C=O) groups is 2. The summed E-state index contributed by atoms with van der Waals surface area (Å²) in [4.78, 5) is 30.1. The summed E-state index contributed by atoms with van der Waals surface area (Å²) in [5.41, 5.74) is 1.05. The van der Waals surface area contributed by atoms with Gasteiger partial charge in [-0.15, -0.1) is 0 Å². The molecule has 2 atom stereocenters. The molecule has 7 nitrogen and oxygen atoms in total. The van der Waals surface area contributed by atoms with Crippen molar-refractivity contribution in [2.45, 2.75) is 31.5 Å². The van der Waals surface area contributed by atoms with E-state index in [4.69, 9.17) is 9.47 Å². The summed E-state index contributed by atoms with van der Waals surface area (Å²) in [6, 6.07) is 11.5. The molecule has 164 valence electrons. The van der Waals surface area contributed by atoms with E-state index in [1.165, 1.54) is 0 Å². The summed E-state index contributed by atoms with van der Waals surface area (Å²) < 4.78 is 12.5. The first-order valence-corrected chi connectivity index (χ1v) is 11.2. The summed E-state index contributed by atoms with van der Waals surface area (Å²) in [5, 5.41) is 9.32. The highest BCUT2D eigenvalue weighted by molar-refractivity contribution is 9.10. The van der Waals surface area contributed by atoms with Crippen molar-refractivity contribution in [3.8, 4) is 0 Å². The van der Waals surface area contributed by atoms with Crippen molar-refractivity contribution in [1.82, 2.24) is 9.88 Å². The van der Waals surface area contributed by atoms with Crippen LogP contribution in [0.25, 0.3) is 0 Å². The molecule has 1 aromatic heterocycles. The van der Waals surface area contributed by atoms with E-state index in [-0.39, 0.29) is 31.1 Å². The number of aliphatic carboxylic acids is 1. The molecular weight excluding hydrogens is 464 g/mol. The molecule has 0 radical (unpaired) electrons. The molecule has 2 aliphatic rings. The quantitative estimate of drug-likeness (QED) is 0.654. The number of carbonyl (C=O) groups excluding carboxylic acids is 1. The first kappa shape index (κ1) is 21.8. The highest BCUT2D eigenvalue weighted by atomic mass is 79.9. The molecule has 1 N–H and O–H groups in total. The fraction of sp³-hybridized carbons (Fsp3) is 0.435. The van der Waals surface area contributed by atoms with Crippen LogP contribution >= 0.6 is 15.9 Å². The monoisotopic (exact) mass is 488 g/mol. The van der Waals surface area contributed by atoms with E-state index in [1.807, 2.05) is 36.4 Å². The van der Waals surface area contributed by atoms with Crippen molar-refractivity contribution in [2.75, 3.05) is 19.7 Å². The lowest BCUT2D eigenvalue weighted by atomic mass is 9.62. The second-order valence-electron chi connectivity index (χ2n) is 8.10. The van der Waals surface area contributed by atoms with Crippen molar-refractivity contribution in [3.05, 3.63) is 64.4 Å². The minimum atomic E-state index is -1.01. The second-order valence-corrected chi connectivity index (χ2v) is 8.96. The van der Waals surface area contributed by atoms with Crippen LogP contribution in [0.15, 0.2) is 53.3 Å². The molecule has 8 heteroatoms. The van der Waals surface area contributed by atoms with E-state index in [0.29, 0.717) is 13.1 Å². The number of benzene rings is 1. The number of likely N-dealkylation sites (tertiary alicyclic amines) is 1. The molecule has 1 saturated heterocycles. The molecule has 1 saturated carbocycles. The smallest absolute Gasteiger partial charge is 0.410 e. The Kier molecular flexibility index (Phi) is 6.57. The van der Waals surface area contributed by atoms with Crippen LogP contribution in [0.5, 0.6) is 0 Å². The zero-order chi connectivity index (χ0) is 21.8. The van der Waals surface area contributed by atoms with Crippen LogP contribution in [0.1, 0.15) is 30.4 Å². The number of halogens is 1. The zero-order valence-electron chi connectivity index (χ0n) is 17.1. The molecule has 2 aromatic rings. The number of aromatic nitrogens is 1. The van der Waals surface area contributed by atoms with Gasteiger partial charge in [0.05, 0.1) is 0 Å². The van der Waals surface area contributed by atoms with E-state index in [0.717, 1.165) is 34.9 Å². The fourth-order valence-corrected chi connectivity index (χ4v) is 5.58. The fourth-order valence-electron chi connectivity index (χ4n) is 5.02. The third-order valence-electron chi connectivity index (χ3n) is 6.29. The van der Waals surface area contributed by atoms with Gasteiger partial charge in [0.1, 0.15) is 18.8 Å². The maximum Gasteiger partial charge on any atom is 0.410 e. The lowest BCUT2D eigenvalue weighted by Gasteiger charge is -2.55. The lowest BCUT2D eigenvalue weighted by Crippen LogP contribution is -2.61. The molecule has 1 aromatic carbocycles. The first-order valence-electron chi connectivity index (χ1n) is 10.4. The van der Waals surface area contributed by atoms with Crippen LogP contribution in [0.4, 0.5) is 4.79 Å². The SMILES string of the molecule is O=C(O)COC1(c2ccncc2Br)C2CCCC1CN(C(=O)OCc1ccccc1)C2. The molecule has 1 amide bonds. The highest BCUT2D eigenvalue weighted by Crippen LogP contribution is 2.53. The van der Waals surface area contributed by atoms with E-state index in [1.54, 1.807) is 17.3 Å². The van der Waals surface area contributed by atoms with E-state index < -0.39 is 11.6 Å². The molecule has 2 fully saturated rings. The third kappa shape index (κ3) is 4.45. The number of fused-ring (bicyclic) bond motifs is 2. The summed E-state index contributed by atoms with van der Waals surface area (Å²) in [7, 11) is 0. The summed E-state index contributed by atoms with van der Waals surface area (Å²) in [6.45, 7) is 0.749. The van der Waals surface area contributed by atoms with Crippen LogP contribution in [-0.4, -0.2) is 46.7 Å². The van der Waals surface area contributed by atoms with Crippen LogP contribution in [-0.2, 0) is 26.5 Å². The second kappa shape index (κ2) is 9.36. The average molecular weight is 489 g/mol. The number of amides is 1. The van der Waals surface area contributed by atoms with Crippen molar-refractivity contribution in [2.24, 2.45) is 11.8 Å². The number of ether oxygens (including phenoxy) is 2. The minimum Gasteiger partial charge on any atom is -0.480 e. The maximum atomic E-state index is 12.8. The highest BCUT2D eigenvalue weighted by Gasteiger charge is 2.55. The topological polar surface area (TPSA) is 89.0 Å². The van der Waals surface area contributed by atoms with Gasteiger partial charge >= 0.3 is 12.1 Å². The summed E-state index contributed by atoms with van der Waals surface area (Å²) in [6.07, 6.45) is 5.75. The van der Waals surface area contributed by atoms with Gasteiger partial charge in [-0.2, -0.15) is 0 Å². The average Bonchev–Trinajstić information content (AvgIpc) is 2.76. The maximum absolute atomic E-state index is 12.8. The summed E-state index contributed by atoms with van der Waals surface area (Å²) in [5.74, 6) is -1.09. The van der Waals surface area contributed by atoms with Crippen LogP contribution in [0.2, 0.25) is 0 Å². The van der Waals surface area contributed by atoms with E-state index >= 15 is 0 Å². The van der Waals surface area contributed by atoms with Crippen molar-refractivity contribution in [3.63, 3.8) is 0 Å². The molecule has 4 rings (SSSR count). The molecule has 2 bridgehead atoms. The number of carboxylic acids is 1. The Labute approximate surface area is 189 Å². The standard InChI is InChI=1S/C23H25BrN2O5/c24-20-11-25-10-9-19(20)23(31-15-21(27)28)17-7-4-8-18(23)13-26(12-17)22(29)30-14-16-5-2-1-3-6-16/h1-3,5-6,9-11,17-18H,4,7-8,12-15H2,(H,27,28). The normalized spacial score (nSPS) is 25.1. The van der Waals surface area contributed by atoms with Crippen molar-refractivity contribution in [1.29, 1.82) is 0 Å². The Bertz CT molecular complexity index is 925. The van der Waals surface area contributed by atoms with Gasteiger partial charge in [0.25, 0.3) is 0 Å². The van der Waals surface area contributed by atoms with Gasteiger partial charge in [-0.25, -0.2) is 9.59 Å². The van der Waals surface area contributed by atoms with Crippen molar-refractivity contribution >= 4 is 28.0 Å². The summed E-state index contributed by atoms with van der Waals surface area (Å²) >= 11 is 3.58. The molecule has 2 unspecified atom stereocenters. The number of piperidine rings is 1. The Morgan fingerprint density at radius 2 is 1.87 bits per heavy atom. The number of pyridine rings is 1. The number of hydrogen-bond donors (Lipinski definition) is 1. The minimum absolute atomic E-state index is 0.0395. The van der Waals surface area contributed by atoms with Gasteiger partial charge in [-0.1, -0.05) is 36.8 Å². The number of carboxylic acid groups (broad SMARTS) is 1. The number of nitrogens with zero attached hydrogens (tertiary/aromatic N) is 2. The van der Waals surface area contributed by atoms with Gasteiger partial charge < -0.3 is 19.5 Å². The molecule has 31 heavy (non-hydrogen) atoms. The Morgan fingerprint density at radius 3 is 2.52 bits per heavy atom. The van der Waals surface area contributed by atoms with Crippen LogP contribution < -0.4 is 0 Å². The molecular formula is C23H25BrN2O5. The molecule has 1 aliphatic carbocycles. The van der Waals surface area contributed by atoms with Gasteiger partial charge in [0.15, 0.2) is 0 Å². The van der Waals surface area contributed by atoms with Crippen LogP contribution in [0.3, 0.4) is 0 Å². The predicted molar refractivity (Wildman–Crippen MR) is 116 cm³/mol. The van der Waals surface area contributed by atoms with Gasteiger partial charge in [0.2, 0.25) is 0 Å². The number of rotatable bonds is 6. The Balaban J connectivity index is 1.57. The van der Waals surface area contributed by atoms with Gasteiger partial charge in [-0.05, 0) is 40.4 Å². The molecule has 0 spiro atoms. The molecule has 1 aliphatic heterocycles. The Hall–Kier alpha value is -2.45. The van der Waals surface area contributed by atoms with Gasteiger partial charge in [0, 0.05) is 47.4 Å². The number of hydrogen-bond acceptors (Lipinski definition) is 5. The predicted octanol–water partition coefficient (Wildman–Crippen LogP) is 4.21. The first-order chi connectivity index (χ1) is 15.0. The van der Waals surface area contributed by atoms with Crippen molar-refractivity contribution < 1.29 is 24.2 Å². The molecule has 2 heterocycles. The largest absolute Gasteiger partial charge is 0.480 e. The van der Waals surface area contributed by atoms with E-state index in [2.05, 4.69) is 20.9 Å². The van der Waals surface area contributed by atoms with Crippen LogP contribution in [0, 0.1) is 11.8 Å².